The average molecular weight is 415 g/mol. The van der Waals surface area contributed by atoms with E-state index in [0.717, 1.165) is 24.3 Å². The van der Waals surface area contributed by atoms with Gasteiger partial charge in [0.05, 0.1) is 24.5 Å². The van der Waals surface area contributed by atoms with Crippen LogP contribution in [0.4, 0.5) is 0 Å². The molecule has 3 heterocycles. The van der Waals surface area contributed by atoms with Gasteiger partial charge < -0.3 is 19.1 Å². The summed E-state index contributed by atoms with van der Waals surface area (Å²) in [5.74, 6) is 0.823. The number of fused-ring (bicyclic) bond motifs is 3. The van der Waals surface area contributed by atoms with E-state index in [1.165, 1.54) is 18.7 Å². The van der Waals surface area contributed by atoms with E-state index in [4.69, 9.17) is 14.5 Å². The van der Waals surface area contributed by atoms with Gasteiger partial charge in [-0.05, 0) is 18.8 Å². The van der Waals surface area contributed by atoms with Crippen LogP contribution in [-0.2, 0) is 6.54 Å². The molecule has 0 unspecified atom stereocenters. The number of nitrogens with zero attached hydrogens (tertiary/aromatic N) is 2. The van der Waals surface area contributed by atoms with Crippen molar-refractivity contribution in [2.45, 2.75) is 59.4 Å². The second-order valence-corrected chi connectivity index (χ2v) is 8.19. The molecule has 7 nitrogen and oxygen atoms in total. The highest BCUT2D eigenvalue weighted by Crippen LogP contribution is 2.46. The molecule has 1 aliphatic heterocycles. The first-order valence-corrected chi connectivity index (χ1v) is 10.6. The third-order valence-electron chi connectivity index (χ3n) is 4.71. The summed E-state index contributed by atoms with van der Waals surface area (Å²) in [6, 6.07) is 3.21. The minimum atomic E-state index is -1.23. The van der Waals surface area contributed by atoms with Gasteiger partial charge in [0.15, 0.2) is 11.2 Å². The van der Waals surface area contributed by atoms with Crippen LogP contribution in [0.25, 0.3) is 11.4 Å². The molecule has 1 N–H and O–H groups in total. The van der Waals surface area contributed by atoms with Gasteiger partial charge in [0.25, 0.3) is 0 Å². The molecule has 2 aromatic rings. The van der Waals surface area contributed by atoms with Gasteiger partial charge in [0.2, 0.25) is 0 Å². The summed E-state index contributed by atoms with van der Waals surface area (Å²) in [7, 11) is 0. The summed E-state index contributed by atoms with van der Waals surface area (Å²) in [6.45, 7) is 9.82. The van der Waals surface area contributed by atoms with Crippen molar-refractivity contribution >= 4 is 5.97 Å². The third-order valence-corrected chi connectivity index (χ3v) is 4.71. The fourth-order valence-electron chi connectivity index (χ4n) is 3.18. The molecule has 162 valence electrons. The Morgan fingerprint density at radius 3 is 2.63 bits per heavy atom. The molecule has 1 aliphatic carbocycles. The van der Waals surface area contributed by atoms with Crippen LogP contribution in [0.5, 0.6) is 11.5 Å². The molecule has 0 radical (unpaired) electrons. The van der Waals surface area contributed by atoms with E-state index in [1.54, 1.807) is 4.57 Å². The van der Waals surface area contributed by atoms with Crippen molar-refractivity contribution in [3.8, 4) is 22.9 Å². The Bertz CT molecular complexity index is 976. The lowest BCUT2D eigenvalue weighted by molar-refractivity contribution is 0.0694. The molecule has 2 aliphatic rings. The summed E-state index contributed by atoms with van der Waals surface area (Å²) in [4.78, 5) is 28.3. The monoisotopic (exact) mass is 414 g/mol. The van der Waals surface area contributed by atoms with Gasteiger partial charge >= 0.3 is 5.97 Å². The van der Waals surface area contributed by atoms with Crippen LogP contribution in [0.15, 0.2) is 23.1 Å². The lowest BCUT2D eigenvalue weighted by atomic mass is 10.1. The standard InChI is InChI=1S/C20H22N2O5.C3H8/c1-11(2)10-27-16-8-17-19(21-18(16)12-3-4-12)14-7-15(23)13(20(24)25)9-22(14)5-6-26-17;1-3-2/h7-9,11-12H,3-6,10H2,1-2H3,(H,24,25);3H2,1-2H3. The summed E-state index contributed by atoms with van der Waals surface area (Å²) in [5, 5.41) is 9.22. The number of aromatic carboxylic acids is 1. The fraction of sp³-hybridized carbons (Fsp3) is 0.522. The maximum absolute atomic E-state index is 12.2. The van der Waals surface area contributed by atoms with Crippen molar-refractivity contribution in [1.29, 1.82) is 0 Å². The van der Waals surface area contributed by atoms with Gasteiger partial charge in [0.1, 0.15) is 23.6 Å². The first kappa shape index (κ1) is 21.9. The van der Waals surface area contributed by atoms with Gasteiger partial charge in [-0.1, -0.05) is 34.1 Å². The van der Waals surface area contributed by atoms with Crippen LogP contribution in [-0.4, -0.2) is 33.8 Å². The Kier molecular flexibility index (Phi) is 6.80. The van der Waals surface area contributed by atoms with E-state index >= 15 is 0 Å². The fourth-order valence-corrected chi connectivity index (χ4v) is 3.18. The van der Waals surface area contributed by atoms with Gasteiger partial charge in [-0.25, -0.2) is 9.78 Å². The number of ether oxygens (including phenoxy) is 2. The number of pyridine rings is 2. The van der Waals surface area contributed by atoms with Crippen LogP contribution in [0.2, 0.25) is 0 Å². The van der Waals surface area contributed by atoms with E-state index in [2.05, 4.69) is 27.7 Å². The number of rotatable bonds is 5. The van der Waals surface area contributed by atoms with Crippen LogP contribution in [0.3, 0.4) is 0 Å². The highest BCUT2D eigenvalue weighted by atomic mass is 16.5. The summed E-state index contributed by atoms with van der Waals surface area (Å²) in [6.07, 6.45) is 4.75. The summed E-state index contributed by atoms with van der Waals surface area (Å²) >= 11 is 0. The van der Waals surface area contributed by atoms with Crippen LogP contribution < -0.4 is 14.9 Å². The highest BCUT2D eigenvalue weighted by Gasteiger charge is 2.31. The third kappa shape index (κ3) is 4.83. The molecule has 1 saturated carbocycles. The van der Waals surface area contributed by atoms with E-state index in [0.29, 0.717) is 48.7 Å². The Morgan fingerprint density at radius 1 is 1.33 bits per heavy atom. The Morgan fingerprint density at radius 2 is 2.03 bits per heavy atom. The number of hydrogen-bond donors (Lipinski definition) is 1. The van der Waals surface area contributed by atoms with Crippen molar-refractivity contribution in [1.82, 2.24) is 9.55 Å². The minimum Gasteiger partial charge on any atom is -0.491 e. The van der Waals surface area contributed by atoms with Gasteiger partial charge in [-0.3, -0.25) is 4.79 Å². The SMILES string of the molecule is CC(C)COc1cc2c(nc1C1CC1)-c1cc(=O)c(C(=O)O)cn1CCO2.CCC. The van der Waals surface area contributed by atoms with E-state index in [-0.39, 0.29) is 5.56 Å². The van der Waals surface area contributed by atoms with Gasteiger partial charge in [-0.15, -0.1) is 0 Å². The molecule has 30 heavy (non-hydrogen) atoms. The second kappa shape index (κ2) is 9.32. The van der Waals surface area contributed by atoms with Crippen molar-refractivity contribution in [3.05, 3.63) is 39.8 Å². The zero-order valence-corrected chi connectivity index (χ0v) is 18.1. The maximum atomic E-state index is 12.2. The smallest absolute Gasteiger partial charge is 0.341 e. The molecule has 1 fully saturated rings. The maximum Gasteiger partial charge on any atom is 0.341 e. The topological polar surface area (TPSA) is 90.6 Å². The van der Waals surface area contributed by atoms with Crippen LogP contribution in [0.1, 0.15) is 68.9 Å². The Labute approximate surface area is 176 Å². The summed E-state index contributed by atoms with van der Waals surface area (Å²) < 4.78 is 13.6. The minimum absolute atomic E-state index is 0.249. The molecular weight excluding hydrogens is 384 g/mol. The number of carbonyl (C=O) groups is 1. The molecular formula is C23H30N2O5. The molecule has 0 spiro atoms. The van der Waals surface area contributed by atoms with Crippen molar-refractivity contribution < 1.29 is 19.4 Å². The molecule has 0 atom stereocenters. The van der Waals surface area contributed by atoms with Crippen molar-refractivity contribution in [3.63, 3.8) is 0 Å². The largest absolute Gasteiger partial charge is 0.491 e. The van der Waals surface area contributed by atoms with Crippen molar-refractivity contribution in [2.24, 2.45) is 5.92 Å². The molecule has 7 heteroatoms. The lowest BCUT2D eigenvalue weighted by Gasteiger charge is -2.16. The molecule has 0 amide bonds. The van der Waals surface area contributed by atoms with E-state index in [1.807, 2.05) is 6.07 Å². The molecule has 4 rings (SSSR count). The number of hydrogen-bond acceptors (Lipinski definition) is 5. The van der Waals surface area contributed by atoms with E-state index in [9.17, 15) is 14.7 Å². The second-order valence-electron chi connectivity index (χ2n) is 8.19. The Hall–Kier alpha value is -2.83. The van der Waals surface area contributed by atoms with E-state index < -0.39 is 11.4 Å². The number of aromatic nitrogens is 2. The first-order valence-electron chi connectivity index (χ1n) is 10.6. The number of carboxylic acids is 1. The first-order chi connectivity index (χ1) is 14.3. The molecule has 2 aromatic heterocycles. The average Bonchev–Trinajstić information content (AvgIpc) is 3.53. The zero-order chi connectivity index (χ0) is 21.8. The molecule has 0 bridgehead atoms. The van der Waals surface area contributed by atoms with Crippen molar-refractivity contribution in [2.75, 3.05) is 13.2 Å². The summed E-state index contributed by atoms with van der Waals surface area (Å²) in [5.41, 5.74) is 1.26. The molecule has 0 saturated heterocycles. The Balaban J connectivity index is 0.000000806. The molecule has 0 aromatic carbocycles. The quantitative estimate of drug-likeness (QED) is 0.783. The predicted octanol–water partition coefficient (Wildman–Crippen LogP) is 4.33. The van der Waals surface area contributed by atoms with Crippen LogP contribution in [0, 0.1) is 5.92 Å². The van der Waals surface area contributed by atoms with Crippen LogP contribution >= 0.6 is 0 Å². The normalized spacial score (nSPS) is 14.6. The highest BCUT2D eigenvalue weighted by molar-refractivity contribution is 5.87. The predicted molar refractivity (Wildman–Crippen MR) is 115 cm³/mol. The van der Waals surface area contributed by atoms with Gasteiger partial charge in [-0.2, -0.15) is 0 Å². The number of carboxylic acid groups (broad SMARTS) is 1. The lowest BCUT2D eigenvalue weighted by Crippen LogP contribution is -2.19. The van der Waals surface area contributed by atoms with Gasteiger partial charge in [0, 0.05) is 24.2 Å². The zero-order valence-electron chi connectivity index (χ0n) is 18.1.